The molecule has 0 aromatic heterocycles. The topological polar surface area (TPSA) is 71.1 Å². The van der Waals surface area contributed by atoms with Crippen LogP contribution in [0.15, 0.2) is 12.1 Å². The number of ether oxygens (including phenoxy) is 2. The van der Waals surface area contributed by atoms with E-state index in [1.807, 2.05) is 26.0 Å². The van der Waals surface area contributed by atoms with Crippen LogP contribution in [0, 0.1) is 0 Å². The molecule has 7 heteroatoms. The smallest absolute Gasteiger partial charge is 0.317 e. The van der Waals surface area contributed by atoms with Crippen LogP contribution in [0.3, 0.4) is 0 Å². The Morgan fingerprint density at radius 2 is 1.72 bits per heavy atom. The lowest BCUT2D eigenvalue weighted by Crippen LogP contribution is -2.46. The Morgan fingerprint density at radius 1 is 1.12 bits per heavy atom. The average molecular weight is 349 g/mol. The summed E-state index contributed by atoms with van der Waals surface area (Å²) in [6, 6.07) is 3.68. The third kappa shape index (κ3) is 4.35. The van der Waals surface area contributed by atoms with Gasteiger partial charge in [-0.2, -0.15) is 0 Å². The molecule has 0 spiro atoms. The van der Waals surface area contributed by atoms with E-state index < -0.39 is 0 Å². The van der Waals surface area contributed by atoms with Crippen LogP contribution in [0.2, 0.25) is 0 Å². The van der Waals surface area contributed by atoms with Crippen LogP contribution in [0.1, 0.15) is 25.0 Å². The van der Waals surface area contributed by atoms with Gasteiger partial charge in [0, 0.05) is 26.2 Å². The second-order valence-electron chi connectivity index (χ2n) is 5.87. The molecule has 3 amide bonds. The van der Waals surface area contributed by atoms with Crippen molar-refractivity contribution in [2.75, 3.05) is 40.4 Å². The third-order valence-corrected chi connectivity index (χ3v) is 4.51. The molecule has 1 heterocycles. The molecule has 1 aromatic rings. The zero-order valence-corrected chi connectivity index (χ0v) is 15.4. The maximum Gasteiger partial charge on any atom is 0.317 e. The van der Waals surface area contributed by atoms with Gasteiger partial charge in [-0.15, -0.1) is 0 Å². The van der Waals surface area contributed by atoms with Crippen LogP contribution < -0.4 is 14.8 Å². The highest BCUT2D eigenvalue weighted by molar-refractivity contribution is 5.84. The summed E-state index contributed by atoms with van der Waals surface area (Å²) in [7, 11) is 3.21. The number of benzene rings is 1. The standard InChI is InChI=1S/C18H27N3O4/c1-5-20(6-2)18(23)19-11-17(22)21-8-7-13-9-15(24-3)16(25-4)10-14(13)12-21/h9-10H,5-8,11-12H2,1-4H3,(H,19,23). The molecule has 0 saturated carbocycles. The summed E-state index contributed by atoms with van der Waals surface area (Å²) in [6.45, 7) is 6.21. The van der Waals surface area contributed by atoms with E-state index in [0.717, 1.165) is 17.5 Å². The molecule has 138 valence electrons. The number of carbonyl (C=O) groups is 2. The number of rotatable bonds is 6. The van der Waals surface area contributed by atoms with Gasteiger partial charge in [0.05, 0.1) is 20.8 Å². The summed E-state index contributed by atoms with van der Waals surface area (Å²) in [5.74, 6) is 1.28. The number of methoxy groups -OCH3 is 2. The number of nitrogens with one attached hydrogen (secondary N) is 1. The van der Waals surface area contributed by atoms with Crippen LogP contribution in [0.5, 0.6) is 11.5 Å². The van der Waals surface area contributed by atoms with E-state index in [1.165, 1.54) is 0 Å². The van der Waals surface area contributed by atoms with Gasteiger partial charge < -0.3 is 24.6 Å². The lowest BCUT2D eigenvalue weighted by Gasteiger charge is -2.30. The van der Waals surface area contributed by atoms with Crippen molar-refractivity contribution in [3.63, 3.8) is 0 Å². The molecule has 0 radical (unpaired) electrons. The van der Waals surface area contributed by atoms with Crippen molar-refractivity contribution in [3.8, 4) is 11.5 Å². The van der Waals surface area contributed by atoms with Crippen molar-refractivity contribution < 1.29 is 19.1 Å². The van der Waals surface area contributed by atoms with Gasteiger partial charge in [-0.1, -0.05) is 0 Å². The van der Waals surface area contributed by atoms with Crippen molar-refractivity contribution in [2.45, 2.75) is 26.8 Å². The van der Waals surface area contributed by atoms with Gasteiger partial charge in [-0.3, -0.25) is 4.79 Å². The predicted molar refractivity (Wildman–Crippen MR) is 95.0 cm³/mol. The maximum absolute atomic E-state index is 12.4. The number of carbonyl (C=O) groups excluding carboxylic acids is 2. The predicted octanol–water partition coefficient (Wildman–Crippen LogP) is 1.64. The van der Waals surface area contributed by atoms with Gasteiger partial charge in [0.15, 0.2) is 11.5 Å². The summed E-state index contributed by atoms with van der Waals surface area (Å²) in [4.78, 5) is 27.8. The summed E-state index contributed by atoms with van der Waals surface area (Å²) < 4.78 is 10.7. The molecule has 1 aromatic carbocycles. The van der Waals surface area contributed by atoms with E-state index in [-0.39, 0.29) is 18.5 Å². The van der Waals surface area contributed by atoms with Gasteiger partial charge in [0.1, 0.15) is 0 Å². The van der Waals surface area contributed by atoms with E-state index >= 15 is 0 Å². The van der Waals surface area contributed by atoms with Crippen LogP contribution in [0.4, 0.5) is 4.79 Å². The first-order valence-electron chi connectivity index (χ1n) is 8.58. The molecule has 2 rings (SSSR count). The minimum atomic E-state index is -0.206. The lowest BCUT2D eigenvalue weighted by molar-refractivity contribution is -0.131. The number of amides is 3. The Kier molecular flexibility index (Phi) is 6.50. The highest BCUT2D eigenvalue weighted by atomic mass is 16.5. The first-order valence-corrected chi connectivity index (χ1v) is 8.58. The maximum atomic E-state index is 12.4. The van der Waals surface area contributed by atoms with Crippen LogP contribution in [-0.2, 0) is 17.8 Å². The van der Waals surface area contributed by atoms with E-state index in [2.05, 4.69) is 5.32 Å². The van der Waals surface area contributed by atoms with Crippen molar-refractivity contribution in [3.05, 3.63) is 23.3 Å². The molecular weight excluding hydrogens is 322 g/mol. The minimum absolute atomic E-state index is 0.0119. The second kappa shape index (κ2) is 8.60. The molecule has 0 fully saturated rings. The van der Waals surface area contributed by atoms with Crippen LogP contribution >= 0.6 is 0 Å². The summed E-state index contributed by atoms with van der Waals surface area (Å²) in [5.41, 5.74) is 2.21. The molecule has 0 aliphatic carbocycles. The molecule has 0 unspecified atom stereocenters. The van der Waals surface area contributed by atoms with Gasteiger partial charge in [0.25, 0.3) is 0 Å². The molecule has 1 aliphatic heterocycles. The van der Waals surface area contributed by atoms with E-state index in [1.54, 1.807) is 24.0 Å². The Morgan fingerprint density at radius 3 is 2.28 bits per heavy atom. The molecule has 0 saturated heterocycles. The quantitative estimate of drug-likeness (QED) is 0.848. The van der Waals surface area contributed by atoms with Crippen molar-refractivity contribution in [1.82, 2.24) is 15.1 Å². The fourth-order valence-corrected chi connectivity index (χ4v) is 2.98. The Labute approximate surface area is 148 Å². The van der Waals surface area contributed by atoms with Gasteiger partial charge in [0.2, 0.25) is 5.91 Å². The van der Waals surface area contributed by atoms with Crippen LogP contribution in [-0.4, -0.2) is 62.1 Å². The highest BCUT2D eigenvalue weighted by Crippen LogP contribution is 2.33. The zero-order chi connectivity index (χ0) is 18.4. The third-order valence-electron chi connectivity index (χ3n) is 4.51. The number of hydrogen-bond acceptors (Lipinski definition) is 4. The molecule has 1 aliphatic rings. The lowest BCUT2D eigenvalue weighted by atomic mass is 9.98. The number of nitrogens with zero attached hydrogens (tertiary/aromatic N) is 2. The fourth-order valence-electron chi connectivity index (χ4n) is 2.98. The zero-order valence-electron chi connectivity index (χ0n) is 15.4. The largest absolute Gasteiger partial charge is 0.493 e. The number of hydrogen-bond donors (Lipinski definition) is 1. The molecule has 7 nitrogen and oxygen atoms in total. The minimum Gasteiger partial charge on any atom is -0.493 e. The van der Waals surface area contributed by atoms with E-state index in [9.17, 15) is 9.59 Å². The monoisotopic (exact) mass is 349 g/mol. The van der Waals surface area contributed by atoms with Crippen molar-refractivity contribution in [2.24, 2.45) is 0 Å². The van der Waals surface area contributed by atoms with Gasteiger partial charge in [-0.25, -0.2) is 4.79 Å². The molecule has 1 N–H and O–H groups in total. The van der Waals surface area contributed by atoms with Gasteiger partial charge in [-0.05, 0) is 43.5 Å². The normalized spacial score (nSPS) is 13.0. The number of fused-ring (bicyclic) bond motifs is 1. The Balaban J connectivity index is 1.99. The molecular formula is C18H27N3O4. The van der Waals surface area contributed by atoms with Gasteiger partial charge >= 0.3 is 6.03 Å². The molecule has 25 heavy (non-hydrogen) atoms. The van der Waals surface area contributed by atoms with Crippen molar-refractivity contribution in [1.29, 1.82) is 0 Å². The van der Waals surface area contributed by atoms with Crippen molar-refractivity contribution >= 4 is 11.9 Å². The first-order chi connectivity index (χ1) is 12.0. The molecule has 0 atom stereocenters. The SMILES string of the molecule is CCN(CC)C(=O)NCC(=O)N1CCc2cc(OC)c(OC)cc2C1. The van der Waals surface area contributed by atoms with Crippen LogP contribution in [0.25, 0.3) is 0 Å². The Bertz CT molecular complexity index is 629. The second-order valence-corrected chi connectivity index (χ2v) is 5.87. The average Bonchev–Trinajstić information content (AvgIpc) is 2.65. The van der Waals surface area contributed by atoms with E-state index in [0.29, 0.717) is 37.7 Å². The fraction of sp³-hybridized carbons (Fsp3) is 0.556. The summed E-state index contributed by atoms with van der Waals surface area (Å²) in [5, 5.41) is 2.70. The highest BCUT2D eigenvalue weighted by Gasteiger charge is 2.23. The Hall–Kier alpha value is -2.44. The summed E-state index contributed by atoms with van der Waals surface area (Å²) >= 11 is 0. The number of urea groups is 1. The first kappa shape index (κ1) is 18.9. The summed E-state index contributed by atoms with van der Waals surface area (Å²) in [6.07, 6.45) is 0.755. The molecule has 0 bridgehead atoms. The van der Waals surface area contributed by atoms with E-state index in [4.69, 9.17) is 9.47 Å².